The summed E-state index contributed by atoms with van der Waals surface area (Å²) in [6.45, 7) is 7.77. The van der Waals surface area contributed by atoms with Crippen LogP contribution in [0.5, 0.6) is 0 Å². The van der Waals surface area contributed by atoms with E-state index in [0.717, 1.165) is 24.9 Å². The van der Waals surface area contributed by atoms with E-state index in [1.807, 2.05) is 13.0 Å². The minimum absolute atomic E-state index is 0.0210. The normalized spacial score (nSPS) is 18.4. The number of benzene rings is 1. The zero-order valence-corrected chi connectivity index (χ0v) is 15.4. The van der Waals surface area contributed by atoms with Crippen LogP contribution in [0.4, 0.5) is 4.79 Å². The number of aryl methyl sites for hydroxylation is 1. The molecule has 2 rings (SSSR count). The first-order valence-corrected chi connectivity index (χ1v) is 9.48. The molecule has 1 aromatic rings. The van der Waals surface area contributed by atoms with Crippen molar-refractivity contribution >= 4 is 16.3 Å². The molecule has 1 fully saturated rings. The van der Waals surface area contributed by atoms with Crippen molar-refractivity contribution in [3.05, 3.63) is 29.3 Å². The average molecular weight is 355 g/mol. The fraction of sp³-hybridized carbons (Fsp3) is 0.588. The number of carbonyl (C=O) groups excluding carboxylic acids is 1. The molecule has 0 unspecified atom stereocenters. The second kappa shape index (κ2) is 7.11. The molecule has 1 heterocycles. The van der Waals surface area contributed by atoms with Gasteiger partial charge in [-0.25, -0.2) is 4.79 Å². The zero-order valence-electron chi connectivity index (χ0n) is 14.6. The highest BCUT2D eigenvalue weighted by molar-refractivity contribution is 7.87. The van der Waals surface area contributed by atoms with Crippen LogP contribution >= 0.6 is 0 Å². The van der Waals surface area contributed by atoms with Gasteiger partial charge in [0, 0.05) is 6.04 Å². The summed E-state index contributed by atoms with van der Waals surface area (Å²) in [5, 5.41) is 3.35. The van der Waals surface area contributed by atoms with Gasteiger partial charge in [-0.05, 0) is 65.1 Å². The van der Waals surface area contributed by atoms with Gasteiger partial charge < -0.3 is 14.2 Å². The number of ether oxygens (including phenoxy) is 1. The van der Waals surface area contributed by atoms with Crippen molar-refractivity contribution in [1.29, 1.82) is 0 Å². The molecule has 1 atom stereocenters. The SMILES string of the molecule is Cc1ccc(S(=O)(=O)OC(=O)OC(C)(C)C)c(C[C@@H]2CCCN2)c1. The molecule has 1 N–H and O–H groups in total. The number of carbonyl (C=O) groups is 1. The molecule has 1 aliphatic rings. The van der Waals surface area contributed by atoms with Gasteiger partial charge in [0.15, 0.2) is 0 Å². The van der Waals surface area contributed by atoms with Crippen LogP contribution in [0.1, 0.15) is 44.7 Å². The Morgan fingerprint density at radius 3 is 2.62 bits per heavy atom. The Morgan fingerprint density at radius 1 is 1.33 bits per heavy atom. The number of nitrogens with one attached hydrogen (secondary N) is 1. The fourth-order valence-electron chi connectivity index (χ4n) is 2.71. The Balaban J connectivity index is 2.23. The summed E-state index contributed by atoms with van der Waals surface area (Å²) >= 11 is 0. The van der Waals surface area contributed by atoms with Crippen LogP contribution in [-0.4, -0.2) is 32.8 Å². The van der Waals surface area contributed by atoms with Crippen LogP contribution < -0.4 is 5.32 Å². The first-order chi connectivity index (χ1) is 11.1. The quantitative estimate of drug-likeness (QED) is 0.660. The van der Waals surface area contributed by atoms with Gasteiger partial charge in [-0.3, -0.25) is 0 Å². The molecule has 0 amide bonds. The Kier molecular flexibility index (Phi) is 5.55. The number of rotatable bonds is 4. The molecule has 0 radical (unpaired) electrons. The van der Waals surface area contributed by atoms with Crippen molar-refractivity contribution in [2.24, 2.45) is 0 Å². The summed E-state index contributed by atoms with van der Waals surface area (Å²) < 4.78 is 34.6. The molecule has 1 aliphatic heterocycles. The highest BCUT2D eigenvalue weighted by atomic mass is 32.2. The predicted octanol–water partition coefficient (Wildman–Crippen LogP) is 2.93. The van der Waals surface area contributed by atoms with Crippen molar-refractivity contribution < 1.29 is 22.1 Å². The predicted molar refractivity (Wildman–Crippen MR) is 90.4 cm³/mol. The fourth-order valence-corrected chi connectivity index (χ4v) is 3.71. The lowest BCUT2D eigenvalue weighted by Crippen LogP contribution is -2.27. The van der Waals surface area contributed by atoms with Gasteiger partial charge >= 0.3 is 16.3 Å². The van der Waals surface area contributed by atoms with E-state index in [2.05, 4.69) is 9.50 Å². The van der Waals surface area contributed by atoms with Gasteiger partial charge in [0.2, 0.25) is 0 Å². The molecule has 0 aromatic heterocycles. The Morgan fingerprint density at radius 2 is 2.04 bits per heavy atom. The lowest BCUT2D eigenvalue weighted by molar-refractivity contribution is 0.0222. The van der Waals surface area contributed by atoms with E-state index in [1.54, 1.807) is 26.8 Å². The van der Waals surface area contributed by atoms with Gasteiger partial charge in [0.1, 0.15) is 10.5 Å². The van der Waals surface area contributed by atoms with Crippen LogP contribution in [0, 0.1) is 6.92 Å². The van der Waals surface area contributed by atoms with Crippen LogP contribution in [0.3, 0.4) is 0 Å². The van der Waals surface area contributed by atoms with E-state index in [1.165, 1.54) is 6.07 Å². The summed E-state index contributed by atoms with van der Waals surface area (Å²) in [5.41, 5.74) is 0.786. The molecule has 0 bridgehead atoms. The molecule has 1 saturated heterocycles. The molecule has 0 aliphatic carbocycles. The van der Waals surface area contributed by atoms with Crippen LogP contribution in [0.2, 0.25) is 0 Å². The first kappa shape index (κ1) is 18.7. The molecular formula is C17H25NO5S. The molecule has 134 valence electrons. The molecule has 7 heteroatoms. The monoisotopic (exact) mass is 355 g/mol. The Labute approximate surface area is 143 Å². The van der Waals surface area contributed by atoms with E-state index in [4.69, 9.17) is 4.74 Å². The van der Waals surface area contributed by atoms with Crippen molar-refractivity contribution in [2.45, 2.75) is 63.5 Å². The summed E-state index contributed by atoms with van der Waals surface area (Å²) in [5.74, 6) is 0. The minimum Gasteiger partial charge on any atom is -0.428 e. The molecule has 0 saturated carbocycles. The second-order valence-electron chi connectivity index (χ2n) is 7.11. The number of hydrogen-bond donors (Lipinski definition) is 1. The van der Waals surface area contributed by atoms with Gasteiger partial charge in [0.05, 0.1) is 0 Å². The first-order valence-electron chi connectivity index (χ1n) is 8.07. The average Bonchev–Trinajstić information content (AvgIpc) is 2.88. The highest BCUT2D eigenvalue weighted by Gasteiger charge is 2.28. The van der Waals surface area contributed by atoms with Crippen LogP contribution in [0.15, 0.2) is 23.1 Å². The highest BCUT2D eigenvalue weighted by Crippen LogP contribution is 2.24. The maximum atomic E-state index is 12.5. The lowest BCUT2D eigenvalue weighted by atomic mass is 10.0. The van der Waals surface area contributed by atoms with Gasteiger partial charge in [-0.1, -0.05) is 17.7 Å². The maximum Gasteiger partial charge on any atom is 0.525 e. The van der Waals surface area contributed by atoms with E-state index < -0.39 is 21.9 Å². The van der Waals surface area contributed by atoms with E-state index in [9.17, 15) is 13.2 Å². The summed E-state index contributed by atoms with van der Waals surface area (Å²) in [4.78, 5) is 11.8. The smallest absolute Gasteiger partial charge is 0.428 e. The Hall–Kier alpha value is -1.60. The van der Waals surface area contributed by atoms with Crippen LogP contribution in [0.25, 0.3) is 0 Å². The summed E-state index contributed by atoms with van der Waals surface area (Å²) in [6, 6.07) is 5.24. The topological polar surface area (TPSA) is 81.7 Å². The zero-order chi connectivity index (χ0) is 18.0. The van der Waals surface area contributed by atoms with E-state index in [-0.39, 0.29) is 10.9 Å². The van der Waals surface area contributed by atoms with Gasteiger partial charge in [-0.2, -0.15) is 8.42 Å². The van der Waals surface area contributed by atoms with Crippen molar-refractivity contribution in [1.82, 2.24) is 5.32 Å². The third kappa shape index (κ3) is 5.21. The molecule has 1 aromatic carbocycles. The van der Waals surface area contributed by atoms with Gasteiger partial charge in [-0.15, -0.1) is 0 Å². The third-order valence-corrected chi connectivity index (χ3v) is 4.97. The maximum absolute atomic E-state index is 12.5. The van der Waals surface area contributed by atoms with E-state index >= 15 is 0 Å². The van der Waals surface area contributed by atoms with Crippen molar-refractivity contribution in [2.75, 3.05) is 6.54 Å². The summed E-state index contributed by atoms with van der Waals surface area (Å²) in [6.07, 6.45) is 1.44. The molecule has 24 heavy (non-hydrogen) atoms. The van der Waals surface area contributed by atoms with Crippen LogP contribution in [-0.2, 0) is 25.5 Å². The standard InChI is InChI=1S/C17H25NO5S/c1-12-7-8-15(13(10-12)11-14-6-5-9-18-14)24(20,21)23-16(19)22-17(2,3)4/h7-8,10,14,18H,5-6,9,11H2,1-4H3/t14-/m0/s1. The second-order valence-corrected chi connectivity index (χ2v) is 8.63. The van der Waals surface area contributed by atoms with Crippen molar-refractivity contribution in [3.63, 3.8) is 0 Å². The molecule has 6 nitrogen and oxygen atoms in total. The Bertz CT molecular complexity index is 700. The van der Waals surface area contributed by atoms with Gasteiger partial charge in [0.25, 0.3) is 0 Å². The molecular weight excluding hydrogens is 330 g/mol. The number of hydrogen-bond acceptors (Lipinski definition) is 6. The largest absolute Gasteiger partial charge is 0.525 e. The summed E-state index contributed by atoms with van der Waals surface area (Å²) in [7, 11) is -4.22. The lowest BCUT2D eigenvalue weighted by Gasteiger charge is -2.19. The molecule has 0 spiro atoms. The van der Waals surface area contributed by atoms with Crippen molar-refractivity contribution in [3.8, 4) is 0 Å². The minimum atomic E-state index is -4.22. The third-order valence-electron chi connectivity index (χ3n) is 3.68. The van der Waals surface area contributed by atoms with E-state index in [0.29, 0.717) is 12.0 Å².